The highest BCUT2D eigenvalue weighted by Gasteiger charge is 2.23. The molecule has 3 rings (SSSR count). The molecule has 2 aromatic rings. The zero-order valence-electron chi connectivity index (χ0n) is 12.2. The maximum Gasteiger partial charge on any atom is 0.225 e. The minimum Gasteiger partial charge on any atom is -0.352 e. The van der Waals surface area contributed by atoms with Gasteiger partial charge in [0, 0.05) is 38.6 Å². The van der Waals surface area contributed by atoms with Crippen LogP contribution in [-0.4, -0.2) is 52.4 Å². The molecule has 1 aliphatic rings. The van der Waals surface area contributed by atoms with E-state index >= 15 is 0 Å². The van der Waals surface area contributed by atoms with Crippen molar-refractivity contribution in [1.29, 1.82) is 5.26 Å². The van der Waals surface area contributed by atoms with Crippen molar-refractivity contribution in [2.45, 2.75) is 5.03 Å². The van der Waals surface area contributed by atoms with Gasteiger partial charge in [-0.1, -0.05) is 0 Å². The Hall–Kier alpha value is -2.40. The van der Waals surface area contributed by atoms with E-state index < -0.39 is 0 Å². The Morgan fingerprint density at radius 3 is 2.36 bits per heavy atom. The van der Waals surface area contributed by atoms with Crippen molar-refractivity contribution >= 4 is 23.5 Å². The van der Waals surface area contributed by atoms with Crippen LogP contribution in [0, 0.1) is 11.3 Å². The van der Waals surface area contributed by atoms with E-state index in [1.54, 1.807) is 12.4 Å². The lowest BCUT2D eigenvalue weighted by molar-refractivity contribution is 0.632. The number of nitrogens with zero attached hydrogens (tertiary/aromatic N) is 7. The Kier molecular flexibility index (Phi) is 4.34. The van der Waals surface area contributed by atoms with Gasteiger partial charge >= 0.3 is 0 Å². The van der Waals surface area contributed by atoms with Crippen LogP contribution in [0.25, 0.3) is 0 Å². The first-order chi connectivity index (χ1) is 10.8. The molecule has 1 fully saturated rings. The summed E-state index contributed by atoms with van der Waals surface area (Å²) in [4.78, 5) is 21.3. The van der Waals surface area contributed by atoms with Crippen molar-refractivity contribution in [2.75, 3.05) is 42.2 Å². The molecule has 0 bridgehead atoms. The molecule has 0 amide bonds. The van der Waals surface area contributed by atoms with E-state index in [1.165, 1.54) is 18.1 Å². The summed E-state index contributed by atoms with van der Waals surface area (Å²) in [5, 5.41) is 10.1. The van der Waals surface area contributed by atoms with Crippen LogP contribution in [0.15, 0.2) is 29.8 Å². The Labute approximate surface area is 133 Å². The molecule has 7 nitrogen and oxygen atoms in total. The molecular weight excluding hydrogens is 298 g/mol. The van der Waals surface area contributed by atoms with Gasteiger partial charge in [-0.05, 0) is 12.3 Å². The molecule has 8 heteroatoms. The Morgan fingerprint density at radius 1 is 1.05 bits per heavy atom. The molecule has 0 N–H and O–H groups in total. The molecule has 2 aromatic heterocycles. The molecule has 0 saturated carbocycles. The monoisotopic (exact) mass is 313 g/mol. The topological polar surface area (TPSA) is 81.8 Å². The van der Waals surface area contributed by atoms with Gasteiger partial charge in [0.25, 0.3) is 0 Å². The standard InChI is InChI=1S/C14H15N7S/c1-22-13-11(9-15)12(18-10-19-13)20-5-7-21(8-6-20)14-16-3-2-4-17-14/h2-4,10H,5-8H2,1H3. The summed E-state index contributed by atoms with van der Waals surface area (Å²) in [5.41, 5.74) is 0.555. The fourth-order valence-electron chi connectivity index (χ4n) is 2.43. The SMILES string of the molecule is CSc1ncnc(N2CCN(c3ncccn3)CC2)c1C#N. The number of rotatable bonds is 3. The molecule has 0 aliphatic carbocycles. The van der Waals surface area contributed by atoms with E-state index in [2.05, 4.69) is 35.8 Å². The van der Waals surface area contributed by atoms with Crippen LogP contribution in [-0.2, 0) is 0 Å². The molecule has 0 atom stereocenters. The van der Waals surface area contributed by atoms with Gasteiger partial charge in [-0.3, -0.25) is 0 Å². The molecule has 0 aromatic carbocycles. The highest BCUT2D eigenvalue weighted by molar-refractivity contribution is 7.98. The van der Waals surface area contributed by atoms with Crippen molar-refractivity contribution in [2.24, 2.45) is 0 Å². The second kappa shape index (κ2) is 6.58. The Balaban J connectivity index is 1.76. The number of aromatic nitrogens is 4. The third kappa shape index (κ3) is 2.80. The van der Waals surface area contributed by atoms with E-state index in [0.29, 0.717) is 5.56 Å². The molecule has 112 valence electrons. The van der Waals surface area contributed by atoms with Gasteiger partial charge in [-0.15, -0.1) is 11.8 Å². The van der Waals surface area contributed by atoms with Crippen LogP contribution < -0.4 is 9.80 Å². The Bertz CT molecular complexity index is 677. The third-order valence-corrected chi connectivity index (χ3v) is 4.21. The average Bonchev–Trinajstić information content (AvgIpc) is 2.62. The lowest BCUT2D eigenvalue weighted by Gasteiger charge is -2.35. The number of thioether (sulfide) groups is 1. The lowest BCUT2D eigenvalue weighted by atomic mass is 10.2. The van der Waals surface area contributed by atoms with Crippen LogP contribution >= 0.6 is 11.8 Å². The summed E-state index contributed by atoms with van der Waals surface area (Å²) < 4.78 is 0. The van der Waals surface area contributed by atoms with E-state index in [0.717, 1.165) is 43.0 Å². The van der Waals surface area contributed by atoms with Gasteiger partial charge in [0.05, 0.1) is 0 Å². The molecule has 0 spiro atoms. The normalized spacial score (nSPS) is 14.7. The highest BCUT2D eigenvalue weighted by Crippen LogP contribution is 2.25. The van der Waals surface area contributed by atoms with E-state index in [1.807, 2.05) is 12.3 Å². The minimum absolute atomic E-state index is 0.555. The Morgan fingerprint density at radius 2 is 1.73 bits per heavy atom. The molecule has 22 heavy (non-hydrogen) atoms. The summed E-state index contributed by atoms with van der Waals surface area (Å²) in [6.45, 7) is 3.15. The molecule has 1 aliphatic heterocycles. The van der Waals surface area contributed by atoms with Gasteiger partial charge < -0.3 is 9.80 Å². The maximum atomic E-state index is 9.39. The summed E-state index contributed by atoms with van der Waals surface area (Å²) in [7, 11) is 0. The fourth-order valence-corrected chi connectivity index (χ4v) is 2.92. The predicted molar refractivity (Wildman–Crippen MR) is 85.0 cm³/mol. The molecule has 0 unspecified atom stereocenters. The summed E-state index contributed by atoms with van der Waals surface area (Å²) >= 11 is 1.46. The largest absolute Gasteiger partial charge is 0.352 e. The van der Waals surface area contributed by atoms with E-state index in [-0.39, 0.29) is 0 Å². The number of piperazine rings is 1. The predicted octanol–water partition coefficient (Wildman–Crippen LogP) is 1.19. The van der Waals surface area contributed by atoms with Crippen LogP contribution in [0.3, 0.4) is 0 Å². The average molecular weight is 313 g/mol. The van der Waals surface area contributed by atoms with Crippen molar-refractivity contribution < 1.29 is 0 Å². The van der Waals surface area contributed by atoms with Gasteiger partial charge in [-0.2, -0.15) is 5.26 Å². The number of hydrogen-bond donors (Lipinski definition) is 0. The first-order valence-electron chi connectivity index (χ1n) is 6.89. The third-order valence-electron chi connectivity index (χ3n) is 3.51. The summed E-state index contributed by atoms with van der Waals surface area (Å²) in [6, 6.07) is 4.04. The second-order valence-electron chi connectivity index (χ2n) is 4.72. The number of anilines is 2. The second-order valence-corrected chi connectivity index (χ2v) is 5.51. The van der Waals surface area contributed by atoms with E-state index in [9.17, 15) is 5.26 Å². The molecule has 0 radical (unpaired) electrons. The molecular formula is C14H15N7S. The lowest BCUT2D eigenvalue weighted by Crippen LogP contribution is -2.47. The van der Waals surface area contributed by atoms with Crippen molar-refractivity contribution in [3.8, 4) is 6.07 Å². The molecule has 1 saturated heterocycles. The van der Waals surface area contributed by atoms with Gasteiger partial charge in [0.15, 0.2) is 5.82 Å². The number of hydrogen-bond acceptors (Lipinski definition) is 8. The van der Waals surface area contributed by atoms with Gasteiger partial charge in [0.1, 0.15) is 23.0 Å². The first kappa shape index (κ1) is 14.5. The minimum atomic E-state index is 0.555. The summed E-state index contributed by atoms with van der Waals surface area (Å²) in [6.07, 6.45) is 6.93. The van der Waals surface area contributed by atoms with E-state index in [4.69, 9.17) is 0 Å². The van der Waals surface area contributed by atoms with Crippen molar-refractivity contribution in [1.82, 2.24) is 19.9 Å². The molecule has 3 heterocycles. The van der Waals surface area contributed by atoms with Crippen molar-refractivity contribution in [3.63, 3.8) is 0 Å². The number of nitriles is 1. The summed E-state index contributed by atoms with van der Waals surface area (Å²) in [5.74, 6) is 1.46. The van der Waals surface area contributed by atoms with Gasteiger partial charge in [0.2, 0.25) is 5.95 Å². The van der Waals surface area contributed by atoms with Crippen LogP contribution in [0.5, 0.6) is 0 Å². The van der Waals surface area contributed by atoms with Gasteiger partial charge in [-0.25, -0.2) is 19.9 Å². The zero-order chi connectivity index (χ0) is 15.4. The highest BCUT2D eigenvalue weighted by atomic mass is 32.2. The van der Waals surface area contributed by atoms with Crippen LogP contribution in [0.2, 0.25) is 0 Å². The smallest absolute Gasteiger partial charge is 0.225 e. The quantitative estimate of drug-likeness (QED) is 0.617. The van der Waals surface area contributed by atoms with Crippen LogP contribution in [0.1, 0.15) is 5.56 Å². The zero-order valence-corrected chi connectivity index (χ0v) is 13.0. The fraction of sp³-hybridized carbons (Fsp3) is 0.357. The van der Waals surface area contributed by atoms with Crippen LogP contribution in [0.4, 0.5) is 11.8 Å². The first-order valence-corrected chi connectivity index (χ1v) is 8.12. The van der Waals surface area contributed by atoms with Crippen molar-refractivity contribution in [3.05, 3.63) is 30.4 Å². The maximum absolute atomic E-state index is 9.39.